The molecule has 32 heavy (non-hydrogen) atoms. The van der Waals surface area contributed by atoms with Crippen LogP contribution in [0.1, 0.15) is 12.8 Å². The van der Waals surface area contributed by atoms with E-state index in [1.165, 1.54) is 0 Å². The lowest BCUT2D eigenvalue weighted by Gasteiger charge is -2.33. The molecule has 2 N–H and O–H groups in total. The molecule has 1 saturated heterocycles. The summed E-state index contributed by atoms with van der Waals surface area (Å²) in [6.07, 6.45) is 6.75. The summed E-state index contributed by atoms with van der Waals surface area (Å²) in [7, 11) is 1.75. The molecule has 9 nitrogen and oxygen atoms in total. The maximum Gasteiger partial charge on any atom is 0.262 e. The van der Waals surface area contributed by atoms with Crippen molar-refractivity contribution in [2.24, 2.45) is 12.8 Å². The maximum absolute atomic E-state index is 12.7. The molecular weight excluding hydrogens is 408 g/mol. The molecule has 1 aromatic carbocycles. The molecule has 164 valence electrons. The minimum Gasteiger partial charge on any atom is -0.490 e. The van der Waals surface area contributed by atoms with Crippen LogP contribution in [0.2, 0.25) is 0 Å². The maximum atomic E-state index is 12.7. The fraction of sp³-hybridized carbons (Fsp3) is 0.304. The Balaban J connectivity index is 1.32. The van der Waals surface area contributed by atoms with Crippen LogP contribution in [-0.2, 0) is 18.4 Å². The minimum absolute atomic E-state index is 0.0514. The first-order valence-corrected chi connectivity index (χ1v) is 10.6. The molecule has 1 fully saturated rings. The van der Waals surface area contributed by atoms with Crippen LogP contribution in [0.3, 0.4) is 0 Å². The number of anilines is 1. The highest BCUT2D eigenvalue weighted by atomic mass is 16.5. The number of carbonyl (C=O) groups is 1. The van der Waals surface area contributed by atoms with E-state index < -0.39 is 0 Å². The van der Waals surface area contributed by atoms with Gasteiger partial charge in [-0.25, -0.2) is 4.98 Å². The standard InChI is InChI=1S/C23H24N6O3/c1-27-22(31)16-5-9-25-13-18(16)26-23(27)28-10-6-15(7-11-28)32-20-4-2-3-19-17(20)8-12-29(19)14-21(24)30/h2-5,8-9,12-13,15H,6-7,10-11,14H2,1H3,(H2,24,30). The van der Waals surface area contributed by atoms with Gasteiger partial charge in [0.1, 0.15) is 18.4 Å². The van der Waals surface area contributed by atoms with Crippen LogP contribution in [0, 0.1) is 0 Å². The number of carbonyl (C=O) groups excluding carboxylic acids is 1. The zero-order valence-electron chi connectivity index (χ0n) is 17.8. The highest BCUT2D eigenvalue weighted by molar-refractivity contribution is 5.88. The van der Waals surface area contributed by atoms with Crippen LogP contribution < -0.4 is 20.9 Å². The third kappa shape index (κ3) is 3.55. The predicted molar refractivity (Wildman–Crippen MR) is 122 cm³/mol. The SMILES string of the molecule is Cn1c(N2CCC(Oc3cccc4c3ccn4CC(N)=O)CC2)nc2cnccc2c1=O. The van der Waals surface area contributed by atoms with Gasteiger partial charge in [0.25, 0.3) is 5.56 Å². The second-order valence-electron chi connectivity index (χ2n) is 8.07. The Hall–Kier alpha value is -3.88. The fourth-order valence-electron chi connectivity index (χ4n) is 4.35. The number of ether oxygens (including phenoxy) is 1. The van der Waals surface area contributed by atoms with Crippen molar-refractivity contribution in [2.45, 2.75) is 25.5 Å². The third-order valence-corrected chi connectivity index (χ3v) is 5.97. The lowest BCUT2D eigenvalue weighted by atomic mass is 10.1. The van der Waals surface area contributed by atoms with Crippen molar-refractivity contribution in [3.05, 3.63) is 59.3 Å². The summed E-state index contributed by atoms with van der Waals surface area (Å²) in [5.41, 5.74) is 6.80. The van der Waals surface area contributed by atoms with Gasteiger partial charge in [0.05, 0.1) is 22.6 Å². The van der Waals surface area contributed by atoms with Crippen LogP contribution >= 0.6 is 0 Å². The zero-order chi connectivity index (χ0) is 22.2. The topological polar surface area (TPSA) is 108 Å². The summed E-state index contributed by atoms with van der Waals surface area (Å²) in [6, 6.07) is 9.48. The van der Waals surface area contributed by atoms with Crippen LogP contribution in [0.25, 0.3) is 21.8 Å². The summed E-state index contributed by atoms with van der Waals surface area (Å²) >= 11 is 0. The Morgan fingerprint density at radius 3 is 2.78 bits per heavy atom. The van der Waals surface area contributed by atoms with Crippen molar-refractivity contribution >= 4 is 33.7 Å². The first-order chi connectivity index (χ1) is 15.5. The molecule has 0 saturated carbocycles. The number of benzene rings is 1. The second kappa shape index (κ2) is 7.99. The van der Waals surface area contributed by atoms with Crippen molar-refractivity contribution < 1.29 is 9.53 Å². The number of piperidine rings is 1. The van der Waals surface area contributed by atoms with Gasteiger partial charge in [0.2, 0.25) is 11.9 Å². The summed E-state index contributed by atoms with van der Waals surface area (Å²) in [6.45, 7) is 1.60. The van der Waals surface area contributed by atoms with Crippen molar-refractivity contribution in [1.82, 2.24) is 19.1 Å². The molecule has 0 spiro atoms. The van der Waals surface area contributed by atoms with Gasteiger partial charge in [-0.2, -0.15) is 0 Å². The Morgan fingerprint density at radius 1 is 1.19 bits per heavy atom. The summed E-state index contributed by atoms with van der Waals surface area (Å²) in [5.74, 6) is 1.07. The van der Waals surface area contributed by atoms with Crippen molar-refractivity contribution in [2.75, 3.05) is 18.0 Å². The molecule has 4 aromatic rings. The highest BCUT2D eigenvalue weighted by Gasteiger charge is 2.24. The number of nitrogens with zero attached hydrogens (tertiary/aromatic N) is 5. The lowest BCUT2D eigenvalue weighted by Crippen LogP contribution is -2.41. The molecule has 0 bridgehead atoms. The second-order valence-corrected chi connectivity index (χ2v) is 8.07. The minimum atomic E-state index is -0.381. The predicted octanol–water partition coefficient (Wildman–Crippen LogP) is 1.82. The Labute approximate surface area is 184 Å². The van der Waals surface area contributed by atoms with Crippen LogP contribution in [0.15, 0.2) is 53.7 Å². The van der Waals surface area contributed by atoms with E-state index in [-0.39, 0.29) is 24.1 Å². The zero-order valence-corrected chi connectivity index (χ0v) is 17.8. The molecule has 1 aliphatic rings. The van der Waals surface area contributed by atoms with Crippen molar-refractivity contribution in [3.63, 3.8) is 0 Å². The van der Waals surface area contributed by atoms with E-state index in [0.29, 0.717) is 16.9 Å². The Bertz CT molecular complexity index is 1370. The van der Waals surface area contributed by atoms with Crippen molar-refractivity contribution in [1.29, 1.82) is 0 Å². The van der Waals surface area contributed by atoms with Crippen molar-refractivity contribution in [3.8, 4) is 5.75 Å². The number of rotatable bonds is 5. The summed E-state index contributed by atoms with van der Waals surface area (Å²) in [4.78, 5) is 34.9. The first-order valence-electron chi connectivity index (χ1n) is 10.6. The highest BCUT2D eigenvalue weighted by Crippen LogP contribution is 2.29. The number of pyridine rings is 1. The molecule has 5 rings (SSSR count). The average molecular weight is 432 g/mol. The van der Waals surface area contributed by atoms with E-state index in [4.69, 9.17) is 10.5 Å². The molecule has 0 atom stereocenters. The molecular formula is C23H24N6O3. The third-order valence-electron chi connectivity index (χ3n) is 5.97. The lowest BCUT2D eigenvalue weighted by molar-refractivity contribution is -0.118. The Kier molecular flexibility index (Phi) is 5.01. The smallest absolute Gasteiger partial charge is 0.262 e. The number of fused-ring (bicyclic) bond motifs is 2. The van der Waals surface area contributed by atoms with Gasteiger partial charge in [-0.3, -0.25) is 19.1 Å². The van der Waals surface area contributed by atoms with Gasteiger partial charge in [-0.05, 0) is 24.3 Å². The van der Waals surface area contributed by atoms with Crippen LogP contribution in [0.4, 0.5) is 5.95 Å². The van der Waals surface area contributed by atoms with Gasteiger partial charge in [0.15, 0.2) is 0 Å². The number of primary amides is 1. The van der Waals surface area contributed by atoms with Crippen LogP contribution in [-0.4, -0.2) is 44.2 Å². The molecule has 1 aliphatic heterocycles. The number of hydrogen-bond donors (Lipinski definition) is 1. The fourth-order valence-corrected chi connectivity index (χ4v) is 4.35. The molecule has 4 heterocycles. The monoisotopic (exact) mass is 432 g/mol. The molecule has 0 radical (unpaired) electrons. The van der Waals surface area contributed by atoms with E-state index in [1.807, 2.05) is 35.0 Å². The number of nitrogens with two attached hydrogens (primary N) is 1. The number of aromatic nitrogens is 4. The normalized spacial score (nSPS) is 14.8. The van der Waals surface area contributed by atoms with E-state index in [0.717, 1.165) is 42.6 Å². The Morgan fingerprint density at radius 2 is 2.00 bits per heavy atom. The largest absolute Gasteiger partial charge is 0.490 e. The van der Waals surface area contributed by atoms with E-state index in [1.54, 1.807) is 30.1 Å². The molecule has 1 amide bonds. The molecule has 9 heteroatoms. The molecule has 3 aromatic heterocycles. The van der Waals surface area contributed by atoms with Crippen LogP contribution in [0.5, 0.6) is 5.75 Å². The van der Waals surface area contributed by atoms with Gasteiger partial charge >= 0.3 is 0 Å². The quantitative estimate of drug-likeness (QED) is 0.515. The molecule has 0 unspecified atom stereocenters. The van der Waals surface area contributed by atoms with E-state index in [2.05, 4.69) is 14.9 Å². The van der Waals surface area contributed by atoms with Gasteiger partial charge in [-0.15, -0.1) is 0 Å². The van der Waals surface area contributed by atoms with Gasteiger partial charge < -0.3 is 19.9 Å². The van der Waals surface area contributed by atoms with Gasteiger partial charge in [0, 0.05) is 50.8 Å². The number of hydrogen-bond acceptors (Lipinski definition) is 6. The summed E-state index contributed by atoms with van der Waals surface area (Å²) < 4.78 is 9.77. The number of amides is 1. The first kappa shape index (κ1) is 20.0. The van der Waals surface area contributed by atoms with E-state index in [9.17, 15) is 9.59 Å². The summed E-state index contributed by atoms with van der Waals surface area (Å²) in [5, 5.41) is 1.53. The molecule has 0 aliphatic carbocycles. The average Bonchev–Trinajstić information content (AvgIpc) is 3.20. The van der Waals surface area contributed by atoms with Gasteiger partial charge in [-0.1, -0.05) is 6.07 Å². The van der Waals surface area contributed by atoms with E-state index >= 15 is 0 Å².